The lowest BCUT2D eigenvalue weighted by atomic mass is 9.82. The number of amides is 4. The monoisotopic (exact) mass is 278 g/mol. The van der Waals surface area contributed by atoms with E-state index in [1.165, 1.54) is 6.39 Å². The van der Waals surface area contributed by atoms with Gasteiger partial charge in [0.15, 0.2) is 5.82 Å². The first-order valence-corrected chi connectivity index (χ1v) is 6.56. The Labute approximate surface area is 114 Å². The molecule has 0 atom stereocenters. The highest BCUT2D eigenvalue weighted by Gasteiger charge is 2.54. The summed E-state index contributed by atoms with van der Waals surface area (Å²) >= 11 is 0. The van der Waals surface area contributed by atoms with E-state index in [0.29, 0.717) is 25.1 Å². The van der Waals surface area contributed by atoms with E-state index in [0.717, 1.165) is 17.7 Å². The molecule has 106 valence electrons. The molecule has 1 aliphatic carbocycles. The summed E-state index contributed by atoms with van der Waals surface area (Å²) in [5.41, 5.74) is -1.05. The van der Waals surface area contributed by atoms with E-state index in [9.17, 15) is 14.4 Å². The number of carbonyl (C=O) groups is 3. The largest absolute Gasteiger partial charge is 0.343 e. The molecule has 4 amide bonds. The van der Waals surface area contributed by atoms with Gasteiger partial charge in [-0.2, -0.15) is 4.98 Å². The zero-order chi connectivity index (χ0) is 14.2. The second-order valence-corrected chi connectivity index (χ2v) is 5.10. The van der Waals surface area contributed by atoms with Gasteiger partial charge in [0.25, 0.3) is 0 Å². The molecule has 8 heteroatoms. The normalized spacial score (nSPS) is 21.6. The molecule has 1 aromatic heterocycles. The predicted molar refractivity (Wildman–Crippen MR) is 64.2 cm³/mol. The minimum atomic E-state index is -1.05. The number of nitrogens with one attached hydrogen (secondary N) is 1. The molecule has 8 nitrogen and oxygen atoms in total. The highest BCUT2D eigenvalue weighted by Crippen LogP contribution is 2.41. The molecule has 1 spiro atoms. The number of urea groups is 1. The average molecular weight is 278 g/mol. The van der Waals surface area contributed by atoms with Crippen molar-refractivity contribution in [2.75, 3.05) is 6.54 Å². The fourth-order valence-electron chi connectivity index (χ4n) is 2.87. The van der Waals surface area contributed by atoms with E-state index in [4.69, 9.17) is 0 Å². The van der Waals surface area contributed by atoms with Crippen molar-refractivity contribution in [2.45, 2.75) is 32.1 Å². The van der Waals surface area contributed by atoms with Gasteiger partial charge in [-0.25, -0.2) is 4.79 Å². The summed E-state index contributed by atoms with van der Waals surface area (Å²) in [7, 11) is 0. The second kappa shape index (κ2) is 4.69. The van der Waals surface area contributed by atoms with Crippen LogP contribution in [-0.2, 0) is 16.0 Å². The van der Waals surface area contributed by atoms with Gasteiger partial charge in [-0.1, -0.05) is 18.0 Å². The van der Waals surface area contributed by atoms with Gasteiger partial charge in [0.2, 0.25) is 18.2 Å². The maximum atomic E-state index is 12.5. The summed E-state index contributed by atoms with van der Waals surface area (Å²) in [4.78, 5) is 41.3. The lowest BCUT2D eigenvalue weighted by Gasteiger charge is -2.36. The molecule has 20 heavy (non-hydrogen) atoms. The summed E-state index contributed by atoms with van der Waals surface area (Å²) in [5, 5.41) is 5.92. The molecule has 0 aromatic carbocycles. The molecule has 1 aromatic rings. The fraction of sp³-hybridized carbons (Fsp3) is 0.583. The first-order valence-electron chi connectivity index (χ1n) is 6.56. The van der Waals surface area contributed by atoms with Gasteiger partial charge in [-0.3, -0.25) is 19.8 Å². The van der Waals surface area contributed by atoms with Crippen molar-refractivity contribution < 1.29 is 18.9 Å². The van der Waals surface area contributed by atoms with Gasteiger partial charge in [0.05, 0.1) is 0 Å². The van der Waals surface area contributed by atoms with Crippen LogP contribution < -0.4 is 5.32 Å². The Hall–Kier alpha value is -2.25. The van der Waals surface area contributed by atoms with Crippen molar-refractivity contribution in [3.8, 4) is 0 Å². The van der Waals surface area contributed by atoms with Crippen molar-refractivity contribution in [3.63, 3.8) is 0 Å². The van der Waals surface area contributed by atoms with Crippen molar-refractivity contribution in [2.24, 2.45) is 5.41 Å². The van der Waals surface area contributed by atoms with Crippen molar-refractivity contribution in [1.29, 1.82) is 0 Å². The molecule has 2 aliphatic rings. The molecule has 1 aliphatic heterocycles. The summed E-state index contributed by atoms with van der Waals surface area (Å²) in [5.74, 6) is -0.434. The Morgan fingerprint density at radius 1 is 1.30 bits per heavy atom. The molecule has 0 bridgehead atoms. The summed E-state index contributed by atoms with van der Waals surface area (Å²) in [6.45, 7) is 0.138. The molecular weight excluding hydrogens is 264 g/mol. The zero-order valence-corrected chi connectivity index (χ0v) is 10.8. The molecule has 1 saturated heterocycles. The van der Waals surface area contributed by atoms with E-state index >= 15 is 0 Å². The molecule has 0 radical (unpaired) electrons. The molecular formula is C12H14N4O4. The fourth-order valence-corrected chi connectivity index (χ4v) is 2.87. The van der Waals surface area contributed by atoms with Crippen LogP contribution in [0.3, 0.4) is 0 Å². The summed E-state index contributed by atoms with van der Waals surface area (Å²) < 4.78 is 4.60. The number of aromatic nitrogens is 2. The standard InChI is InChI=1S/C12H14N4O4/c17-9-12(4-1-2-5-12)10(18)16(11(19)14-9)6-3-8-13-7-20-15-8/h7H,1-6H2,(H,14,17,19). The van der Waals surface area contributed by atoms with Crippen LogP contribution in [0.1, 0.15) is 31.5 Å². The lowest BCUT2D eigenvalue weighted by Crippen LogP contribution is -2.63. The first kappa shape index (κ1) is 12.8. The van der Waals surface area contributed by atoms with Crippen LogP contribution >= 0.6 is 0 Å². The topological polar surface area (TPSA) is 105 Å². The number of imide groups is 2. The highest BCUT2D eigenvalue weighted by atomic mass is 16.5. The van der Waals surface area contributed by atoms with Crippen LogP contribution in [0.2, 0.25) is 0 Å². The van der Waals surface area contributed by atoms with Crippen molar-refractivity contribution in [3.05, 3.63) is 12.2 Å². The van der Waals surface area contributed by atoms with Crippen LogP contribution in [0.4, 0.5) is 4.79 Å². The SMILES string of the molecule is O=C1NC(=O)C2(CCCC2)C(=O)N1CCc1ncon1. The minimum Gasteiger partial charge on any atom is -0.343 e. The molecule has 2 heterocycles. The minimum absolute atomic E-state index is 0.138. The number of hydrogen-bond donors (Lipinski definition) is 1. The summed E-state index contributed by atoms with van der Waals surface area (Å²) in [6.07, 6.45) is 4.15. The van der Waals surface area contributed by atoms with Crippen molar-refractivity contribution in [1.82, 2.24) is 20.4 Å². The third kappa shape index (κ3) is 1.87. The average Bonchev–Trinajstić information content (AvgIpc) is 3.09. The first-order chi connectivity index (χ1) is 9.63. The van der Waals surface area contributed by atoms with Crippen LogP contribution in [0.25, 0.3) is 0 Å². The van der Waals surface area contributed by atoms with Gasteiger partial charge in [0, 0.05) is 13.0 Å². The lowest BCUT2D eigenvalue weighted by molar-refractivity contribution is -0.151. The van der Waals surface area contributed by atoms with E-state index in [-0.39, 0.29) is 6.54 Å². The predicted octanol–water partition coefficient (Wildman–Crippen LogP) is 0.251. The van der Waals surface area contributed by atoms with Crippen LogP contribution in [0, 0.1) is 5.41 Å². The van der Waals surface area contributed by atoms with E-state index in [1.807, 2.05) is 0 Å². The number of barbiturate groups is 1. The second-order valence-electron chi connectivity index (χ2n) is 5.10. The van der Waals surface area contributed by atoms with E-state index < -0.39 is 23.3 Å². The molecule has 3 rings (SSSR count). The Balaban J connectivity index is 1.77. The molecule has 1 saturated carbocycles. The van der Waals surface area contributed by atoms with Crippen molar-refractivity contribution >= 4 is 17.8 Å². The number of nitrogens with zero attached hydrogens (tertiary/aromatic N) is 3. The van der Waals surface area contributed by atoms with Crippen LogP contribution in [-0.4, -0.2) is 39.4 Å². The Kier molecular flexibility index (Phi) is 3.00. The van der Waals surface area contributed by atoms with Gasteiger partial charge in [-0.05, 0) is 12.8 Å². The number of carbonyl (C=O) groups excluding carboxylic acids is 3. The quantitative estimate of drug-likeness (QED) is 0.794. The third-order valence-electron chi connectivity index (χ3n) is 3.98. The van der Waals surface area contributed by atoms with Gasteiger partial charge >= 0.3 is 6.03 Å². The maximum Gasteiger partial charge on any atom is 0.330 e. The summed E-state index contributed by atoms with van der Waals surface area (Å²) in [6, 6.07) is -0.666. The van der Waals surface area contributed by atoms with Gasteiger partial charge in [0.1, 0.15) is 5.41 Å². The molecule has 0 unspecified atom stereocenters. The smallest absolute Gasteiger partial charge is 0.330 e. The maximum absolute atomic E-state index is 12.5. The van der Waals surface area contributed by atoms with Gasteiger partial charge in [-0.15, -0.1) is 0 Å². The van der Waals surface area contributed by atoms with E-state index in [1.54, 1.807) is 0 Å². The molecule has 1 N–H and O–H groups in total. The third-order valence-corrected chi connectivity index (χ3v) is 3.98. The van der Waals surface area contributed by atoms with Crippen LogP contribution in [0.15, 0.2) is 10.9 Å². The molecule has 2 fully saturated rings. The number of rotatable bonds is 3. The highest BCUT2D eigenvalue weighted by molar-refractivity contribution is 6.19. The Bertz CT molecular complexity index is 548. The van der Waals surface area contributed by atoms with Gasteiger partial charge < -0.3 is 4.52 Å². The Morgan fingerprint density at radius 2 is 2.05 bits per heavy atom. The Morgan fingerprint density at radius 3 is 2.70 bits per heavy atom. The van der Waals surface area contributed by atoms with E-state index in [2.05, 4.69) is 20.0 Å². The zero-order valence-electron chi connectivity index (χ0n) is 10.8. The van der Waals surface area contributed by atoms with Crippen LogP contribution in [0.5, 0.6) is 0 Å². The number of hydrogen-bond acceptors (Lipinski definition) is 6.